The lowest BCUT2D eigenvalue weighted by atomic mass is 9.75. The second-order valence-corrected chi connectivity index (χ2v) is 5.58. The predicted octanol–water partition coefficient (Wildman–Crippen LogP) is 1.84. The van der Waals surface area contributed by atoms with E-state index in [0.717, 1.165) is 13.1 Å². The predicted molar refractivity (Wildman–Crippen MR) is 64.1 cm³/mol. The highest BCUT2D eigenvalue weighted by atomic mass is 15.4. The Bertz CT molecular complexity index is 305. The van der Waals surface area contributed by atoms with E-state index in [9.17, 15) is 0 Å². The number of rotatable bonds is 4. The van der Waals surface area contributed by atoms with Gasteiger partial charge in [0.25, 0.3) is 0 Å². The molecular formula is C12H22N4. The molecule has 0 unspecified atom stereocenters. The summed E-state index contributed by atoms with van der Waals surface area (Å²) in [6, 6.07) is 0.687. The zero-order valence-corrected chi connectivity index (χ0v) is 10.3. The van der Waals surface area contributed by atoms with Crippen molar-refractivity contribution in [3.05, 3.63) is 12.4 Å². The first-order chi connectivity index (χ1) is 7.66. The maximum Gasteiger partial charge on any atom is 0.0692 e. The Morgan fingerprint density at radius 1 is 1.50 bits per heavy atom. The summed E-state index contributed by atoms with van der Waals surface area (Å²) in [5, 5.41) is 11.4. The van der Waals surface area contributed by atoms with E-state index in [1.165, 1.54) is 25.7 Å². The summed E-state index contributed by atoms with van der Waals surface area (Å²) in [6.07, 6.45) is 8.98. The molecule has 1 atom stereocenters. The highest BCUT2D eigenvalue weighted by Crippen LogP contribution is 2.34. The third-order valence-corrected chi connectivity index (χ3v) is 3.45. The molecule has 0 aliphatic heterocycles. The van der Waals surface area contributed by atoms with Crippen LogP contribution in [0, 0.1) is 5.41 Å². The van der Waals surface area contributed by atoms with E-state index in [1.54, 1.807) is 6.20 Å². The maximum atomic E-state index is 3.95. The third-order valence-electron chi connectivity index (χ3n) is 3.45. The molecule has 0 aromatic carbocycles. The molecule has 0 bridgehead atoms. The highest BCUT2D eigenvalue weighted by molar-refractivity contribution is 4.83. The SMILES string of the molecule is CC1(C)CCC[C@@H](NCCn2ccnn2)C1. The topological polar surface area (TPSA) is 42.7 Å². The van der Waals surface area contributed by atoms with Crippen molar-refractivity contribution < 1.29 is 0 Å². The van der Waals surface area contributed by atoms with Gasteiger partial charge in [0.15, 0.2) is 0 Å². The van der Waals surface area contributed by atoms with Crippen LogP contribution in [0.25, 0.3) is 0 Å². The number of hydrogen-bond acceptors (Lipinski definition) is 3. The molecule has 0 saturated heterocycles. The molecule has 1 aliphatic rings. The molecule has 1 aromatic rings. The van der Waals surface area contributed by atoms with Gasteiger partial charge in [-0.2, -0.15) is 0 Å². The van der Waals surface area contributed by atoms with Crippen molar-refractivity contribution in [3.63, 3.8) is 0 Å². The molecule has 0 amide bonds. The molecule has 0 spiro atoms. The minimum atomic E-state index is 0.517. The van der Waals surface area contributed by atoms with Crippen molar-refractivity contribution in [2.75, 3.05) is 6.54 Å². The van der Waals surface area contributed by atoms with E-state index in [2.05, 4.69) is 29.5 Å². The smallest absolute Gasteiger partial charge is 0.0692 e. The van der Waals surface area contributed by atoms with Crippen molar-refractivity contribution in [3.8, 4) is 0 Å². The van der Waals surface area contributed by atoms with Gasteiger partial charge in [0.05, 0.1) is 12.7 Å². The van der Waals surface area contributed by atoms with E-state index in [4.69, 9.17) is 0 Å². The molecule has 1 aliphatic carbocycles. The van der Waals surface area contributed by atoms with Gasteiger partial charge in [0.2, 0.25) is 0 Å². The van der Waals surface area contributed by atoms with Gasteiger partial charge in [-0.15, -0.1) is 5.10 Å². The van der Waals surface area contributed by atoms with Crippen molar-refractivity contribution in [2.24, 2.45) is 5.41 Å². The van der Waals surface area contributed by atoms with Crippen LogP contribution >= 0.6 is 0 Å². The van der Waals surface area contributed by atoms with Crippen molar-refractivity contribution in [1.29, 1.82) is 0 Å². The fourth-order valence-corrected chi connectivity index (χ4v) is 2.61. The van der Waals surface area contributed by atoms with E-state index in [-0.39, 0.29) is 0 Å². The average Bonchev–Trinajstić information content (AvgIpc) is 2.69. The standard InChI is InChI=1S/C12H22N4/c1-12(2)5-3-4-11(10-12)13-6-8-16-9-7-14-15-16/h7,9,11,13H,3-6,8,10H2,1-2H3/t11-/m1/s1. The molecule has 1 heterocycles. The van der Waals surface area contributed by atoms with Gasteiger partial charge < -0.3 is 5.32 Å². The average molecular weight is 222 g/mol. The van der Waals surface area contributed by atoms with Crippen molar-refractivity contribution in [1.82, 2.24) is 20.3 Å². The van der Waals surface area contributed by atoms with Gasteiger partial charge in [0, 0.05) is 18.8 Å². The molecule has 16 heavy (non-hydrogen) atoms. The zero-order valence-electron chi connectivity index (χ0n) is 10.3. The summed E-state index contributed by atoms with van der Waals surface area (Å²) >= 11 is 0. The molecule has 4 heteroatoms. The summed E-state index contributed by atoms with van der Waals surface area (Å²) in [5.74, 6) is 0. The minimum absolute atomic E-state index is 0.517. The first-order valence-electron chi connectivity index (χ1n) is 6.23. The Labute approximate surface area is 97.4 Å². The Hall–Kier alpha value is -0.900. The molecule has 1 aromatic heterocycles. The highest BCUT2D eigenvalue weighted by Gasteiger charge is 2.27. The van der Waals surface area contributed by atoms with Crippen LogP contribution in [0.15, 0.2) is 12.4 Å². The molecule has 1 N–H and O–H groups in total. The van der Waals surface area contributed by atoms with Crippen LogP contribution in [0.2, 0.25) is 0 Å². The van der Waals surface area contributed by atoms with Crippen molar-refractivity contribution in [2.45, 2.75) is 52.1 Å². The largest absolute Gasteiger partial charge is 0.312 e. The quantitative estimate of drug-likeness (QED) is 0.845. The third kappa shape index (κ3) is 3.30. The number of hydrogen-bond donors (Lipinski definition) is 1. The molecule has 2 rings (SSSR count). The van der Waals surface area contributed by atoms with Gasteiger partial charge in [-0.1, -0.05) is 25.5 Å². The van der Waals surface area contributed by atoms with Crippen LogP contribution in [0.3, 0.4) is 0 Å². The summed E-state index contributed by atoms with van der Waals surface area (Å²) in [5.41, 5.74) is 0.517. The second kappa shape index (κ2) is 4.95. The van der Waals surface area contributed by atoms with Crippen LogP contribution in [0.5, 0.6) is 0 Å². The molecule has 1 saturated carbocycles. The maximum absolute atomic E-state index is 3.95. The van der Waals surface area contributed by atoms with Gasteiger partial charge >= 0.3 is 0 Å². The van der Waals surface area contributed by atoms with Crippen LogP contribution in [0.1, 0.15) is 39.5 Å². The van der Waals surface area contributed by atoms with E-state index in [1.807, 2.05) is 10.9 Å². The normalized spacial score (nSPS) is 24.5. The van der Waals surface area contributed by atoms with Gasteiger partial charge in [-0.05, 0) is 24.7 Å². The van der Waals surface area contributed by atoms with E-state index in [0.29, 0.717) is 11.5 Å². The number of nitrogens with zero attached hydrogens (tertiary/aromatic N) is 3. The zero-order chi connectivity index (χ0) is 11.4. The Balaban J connectivity index is 1.70. The van der Waals surface area contributed by atoms with Gasteiger partial charge in [-0.3, -0.25) is 4.68 Å². The molecule has 0 radical (unpaired) electrons. The molecule has 4 nitrogen and oxygen atoms in total. The molecular weight excluding hydrogens is 200 g/mol. The van der Waals surface area contributed by atoms with Gasteiger partial charge in [0.1, 0.15) is 0 Å². The lowest BCUT2D eigenvalue weighted by molar-refractivity contribution is 0.197. The summed E-state index contributed by atoms with van der Waals surface area (Å²) in [7, 11) is 0. The Morgan fingerprint density at radius 2 is 2.38 bits per heavy atom. The number of nitrogens with one attached hydrogen (secondary N) is 1. The fourth-order valence-electron chi connectivity index (χ4n) is 2.61. The monoisotopic (exact) mass is 222 g/mol. The summed E-state index contributed by atoms with van der Waals surface area (Å²) in [6.45, 7) is 6.65. The van der Waals surface area contributed by atoms with E-state index < -0.39 is 0 Å². The fraction of sp³-hybridized carbons (Fsp3) is 0.833. The van der Waals surface area contributed by atoms with Crippen LogP contribution in [-0.2, 0) is 6.54 Å². The van der Waals surface area contributed by atoms with Gasteiger partial charge in [-0.25, -0.2) is 0 Å². The second-order valence-electron chi connectivity index (χ2n) is 5.58. The van der Waals surface area contributed by atoms with Crippen molar-refractivity contribution >= 4 is 0 Å². The Morgan fingerprint density at radius 3 is 3.06 bits per heavy atom. The minimum Gasteiger partial charge on any atom is -0.312 e. The number of aromatic nitrogens is 3. The van der Waals surface area contributed by atoms with Crippen LogP contribution < -0.4 is 5.32 Å². The lowest BCUT2D eigenvalue weighted by Gasteiger charge is -2.35. The summed E-state index contributed by atoms with van der Waals surface area (Å²) < 4.78 is 1.88. The molecule has 1 fully saturated rings. The summed E-state index contributed by atoms with van der Waals surface area (Å²) in [4.78, 5) is 0. The lowest BCUT2D eigenvalue weighted by Crippen LogP contribution is -2.38. The molecule has 90 valence electrons. The van der Waals surface area contributed by atoms with Crippen LogP contribution in [-0.4, -0.2) is 27.6 Å². The van der Waals surface area contributed by atoms with E-state index >= 15 is 0 Å². The van der Waals surface area contributed by atoms with Crippen LogP contribution in [0.4, 0.5) is 0 Å². The first kappa shape index (κ1) is 11.6. The first-order valence-corrected chi connectivity index (χ1v) is 6.23. The Kier molecular flexibility index (Phi) is 3.59.